The van der Waals surface area contributed by atoms with Crippen molar-refractivity contribution < 1.29 is 19.7 Å². The molecule has 0 aromatic heterocycles. The summed E-state index contributed by atoms with van der Waals surface area (Å²) >= 11 is 0. The maximum absolute atomic E-state index is 9.59. The molecule has 0 heterocycles. The second-order valence-electron chi connectivity index (χ2n) is 6.12. The summed E-state index contributed by atoms with van der Waals surface area (Å²) in [4.78, 5) is 0. The Labute approximate surface area is 137 Å². The summed E-state index contributed by atoms with van der Waals surface area (Å²) in [6.07, 6.45) is -0.631. The van der Waals surface area contributed by atoms with Gasteiger partial charge in [-0.05, 0) is 35.4 Å². The molecule has 0 bridgehead atoms. The highest BCUT2D eigenvalue weighted by Crippen LogP contribution is 2.33. The Balaban J connectivity index is 2.07. The second kappa shape index (κ2) is 7.49. The van der Waals surface area contributed by atoms with E-state index >= 15 is 0 Å². The fourth-order valence-electron chi connectivity index (χ4n) is 2.45. The molecular weight excluding hydrogens is 292 g/mol. The van der Waals surface area contributed by atoms with Gasteiger partial charge in [-0.2, -0.15) is 0 Å². The lowest BCUT2D eigenvalue weighted by Crippen LogP contribution is -2.22. The topological polar surface area (TPSA) is 58.9 Å². The van der Waals surface area contributed by atoms with Crippen LogP contribution in [0, 0.1) is 0 Å². The Kier molecular flexibility index (Phi) is 5.64. The van der Waals surface area contributed by atoms with E-state index in [9.17, 15) is 10.2 Å². The Morgan fingerprint density at radius 3 is 1.96 bits per heavy atom. The summed E-state index contributed by atoms with van der Waals surface area (Å²) < 4.78 is 10.4. The fourth-order valence-corrected chi connectivity index (χ4v) is 2.45. The van der Waals surface area contributed by atoms with Crippen LogP contribution >= 0.6 is 0 Å². The molecule has 1 atom stereocenters. The molecule has 0 fully saturated rings. The normalized spacial score (nSPS) is 12.9. The Morgan fingerprint density at radius 1 is 0.913 bits per heavy atom. The van der Waals surface area contributed by atoms with E-state index in [0.29, 0.717) is 5.75 Å². The Hall–Kier alpha value is -2.04. The van der Waals surface area contributed by atoms with Crippen LogP contribution in [0.15, 0.2) is 48.5 Å². The number of aliphatic hydroxyl groups is 1. The van der Waals surface area contributed by atoms with Crippen LogP contribution in [0.4, 0.5) is 0 Å². The van der Waals surface area contributed by atoms with Gasteiger partial charge < -0.3 is 19.7 Å². The van der Waals surface area contributed by atoms with E-state index in [1.54, 1.807) is 19.2 Å². The van der Waals surface area contributed by atoms with Crippen molar-refractivity contribution in [3.8, 4) is 11.5 Å². The summed E-state index contributed by atoms with van der Waals surface area (Å²) in [6.45, 7) is 4.73. The molecule has 2 aromatic carbocycles. The average Bonchev–Trinajstić information content (AvgIpc) is 2.54. The van der Waals surface area contributed by atoms with Crippen molar-refractivity contribution >= 4 is 0 Å². The highest BCUT2D eigenvalue weighted by atomic mass is 16.5. The highest BCUT2D eigenvalue weighted by molar-refractivity contribution is 5.41. The molecule has 0 aliphatic rings. The van der Waals surface area contributed by atoms with Crippen molar-refractivity contribution in [3.63, 3.8) is 0 Å². The first-order chi connectivity index (χ1) is 10.9. The first kappa shape index (κ1) is 17.3. The molecule has 0 saturated carbocycles. The molecule has 0 spiro atoms. The number of aliphatic hydroxyl groups excluding tert-OH is 1. The SMILES string of the molecule is COCC(O)COc1ccc(C(C)(C)c2ccc(O)cc2)cc1. The molecule has 0 saturated heterocycles. The van der Waals surface area contributed by atoms with Gasteiger partial charge in [0.25, 0.3) is 0 Å². The minimum absolute atomic E-state index is 0.179. The lowest BCUT2D eigenvalue weighted by Gasteiger charge is -2.26. The summed E-state index contributed by atoms with van der Waals surface area (Å²) in [6, 6.07) is 15.1. The molecule has 23 heavy (non-hydrogen) atoms. The minimum atomic E-state index is -0.631. The number of benzene rings is 2. The number of ether oxygens (including phenoxy) is 2. The van der Waals surface area contributed by atoms with Gasteiger partial charge in [0.15, 0.2) is 0 Å². The van der Waals surface area contributed by atoms with Crippen molar-refractivity contribution in [1.29, 1.82) is 0 Å². The smallest absolute Gasteiger partial charge is 0.119 e. The maximum Gasteiger partial charge on any atom is 0.119 e. The predicted molar refractivity (Wildman–Crippen MR) is 90.1 cm³/mol. The molecule has 124 valence electrons. The first-order valence-electron chi connectivity index (χ1n) is 7.63. The van der Waals surface area contributed by atoms with Crippen molar-refractivity contribution in [2.75, 3.05) is 20.3 Å². The minimum Gasteiger partial charge on any atom is -0.508 e. The summed E-state index contributed by atoms with van der Waals surface area (Å²) in [5.41, 5.74) is 2.09. The van der Waals surface area contributed by atoms with Crippen LogP contribution in [0.25, 0.3) is 0 Å². The van der Waals surface area contributed by atoms with Crippen LogP contribution in [0.3, 0.4) is 0 Å². The van der Waals surface area contributed by atoms with E-state index in [1.807, 2.05) is 36.4 Å². The zero-order chi connectivity index (χ0) is 16.9. The van der Waals surface area contributed by atoms with E-state index in [2.05, 4.69) is 13.8 Å². The predicted octanol–water partition coefficient (Wildman–Crippen LogP) is 3.10. The molecule has 2 rings (SSSR count). The quantitative estimate of drug-likeness (QED) is 0.824. The van der Waals surface area contributed by atoms with Crippen molar-refractivity contribution in [2.24, 2.45) is 0 Å². The van der Waals surface area contributed by atoms with E-state index in [1.165, 1.54) is 0 Å². The molecular formula is C19H24O4. The van der Waals surface area contributed by atoms with E-state index in [-0.39, 0.29) is 24.4 Å². The molecule has 4 heteroatoms. The molecule has 2 N–H and O–H groups in total. The van der Waals surface area contributed by atoms with Gasteiger partial charge in [0.1, 0.15) is 24.2 Å². The number of methoxy groups -OCH3 is 1. The van der Waals surface area contributed by atoms with Crippen molar-refractivity contribution in [3.05, 3.63) is 59.7 Å². The van der Waals surface area contributed by atoms with Crippen molar-refractivity contribution in [1.82, 2.24) is 0 Å². The largest absolute Gasteiger partial charge is 0.508 e. The van der Waals surface area contributed by atoms with Gasteiger partial charge in [0.2, 0.25) is 0 Å². The molecule has 0 radical (unpaired) electrons. The zero-order valence-electron chi connectivity index (χ0n) is 13.8. The third kappa shape index (κ3) is 4.47. The highest BCUT2D eigenvalue weighted by Gasteiger charge is 2.23. The van der Waals surface area contributed by atoms with Crippen LogP contribution in [0.5, 0.6) is 11.5 Å². The standard InChI is InChI=1S/C19H24O4/c1-19(2,14-4-8-16(20)9-5-14)15-6-10-18(11-7-15)23-13-17(21)12-22-3/h4-11,17,20-21H,12-13H2,1-3H3. The van der Waals surface area contributed by atoms with E-state index < -0.39 is 6.10 Å². The average molecular weight is 316 g/mol. The first-order valence-corrected chi connectivity index (χ1v) is 7.63. The van der Waals surface area contributed by atoms with Gasteiger partial charge in [0, 0.05) is 12.5 Å². The van der Waals surface area contributed by atoms with Crippen LogP contribution in [-0.4, -0.2) is 36.6 Å². The number of hydrogen-bond acceptors (Lipinski definition) is 4. The number of hydrogen-bond donors (Lipinski definition) is 2. The van der Waals surface area contributed by atoms with Gasteiger partial charge in [-0.25, -0.2) is 0 Å². The number of rotatable bonds is 7. The third-order valence-electron chi connectivity index (χ3n) is 3.97. The molecule has 0 amide bonds. The van der Waals surface area contributed by atoms with Gasteiger partial charge >= 0.3 is 0 Å². The van der Waals surface area contributed by atoms with Crippen LogP contribution < -0.4 is 4.74 Å². The number of phenols is 1. The van der Waals surface area contributed by atoms with Gasteiger partial charge in [-0.3, -0.25) is 0 Å². The maximum atomic E-state index is 9.59. The summed E-state index contributed by atoms with van der Waals surface area (Å²) in [7, 11) is 1.55. The van der Waals surface area contributed by atoms with Crippen LogP contribution in [-0.2, 0) is 10.2 Å². The zero-order valence-corrected chi connectivity index (χ0v) is 13.8. The molecule has 0 aliphatic carbocycles. The van der Waals surface area contributed by atoms with Crippen LogP contribution in [0.1, 0.15) is 25.0 Å². The summed E-state index contributed by atoms with van der Waals surface area (Å²) in [5, 5.41) is 19.0. The van der Waals surface area contributed by atoms with E-state index in [0.717, 1.165) is 11.1 Å². The molecule has 1 unspecified atom stereocenters. The van der Waals surface area contributed by atoms with Gasteiger partial charge in [-0.15, -0.1) is 0 Å². The molecule has 2 aromatic rings. The monoisotopic (exact) mass is 316 g/mol. The lowest BCUT2D eigenvalue weighted by atomic mass is 9.78. The van der Waals surface area contributed by atoms with Crippen LogP contribution in [0.2, 0.25) is 0 Å². The van der Waals surface area contributed by atoms with E-state index in [4.69, 9.17) is 9.47 Å². The van der Waals surface area contributed by atoms with Gasteiger partial charge in [0.05, 0.1) is 6.61 Å². The van der Waals surface area contributed by atoms with Crippen molar-refractivity contribution in [2.45, 2.75) is 25.4 Å². The molecule has 0 aliphatic heterocycles. The Morgan fingerprint density at radius 2 is 1.43 bits per heavy atom. The number of aromatic hydroxyl groups is 1. The third-order valence-corrected chi connectivity index (χ3v) is 3.97. The number of phenolic OH excluding ortho intramolecular Hbond substituents is 1. The van der Waals surface area contributed by atoms with Gasteiger partial charge in [-0.1, -0.05) is 38.1 Å². The second-order valence-corrected chi connectivity index (χ2v) is 6.12. The lowest BCUT2D eigenvalue weighted by molar-refractivity contribution is 0.0325. The fraction of sp³-hybridized carbons (Fsp3) is 0.368. The Bertz CT molecular complexity index is 602. The molecule has 4 nitrogen and oxygen atoms in total. The summed E-state index contributed by atoms with van der Waals surface area (Å²) in [5.74, 6) is 0.980.